The Morgan fingerprint density at radius 1 is 1.33 bits per heavy atom. The highest BCUT2D eigenvalue weighted by Crippen LogP contribution is 2.15. The standard InChI is InChI=1S/C13H17N5/c1-14-13(15-2)17-9-12-16-8-11(18-12)10-6-4-3-5-7-10/h3-8H,9H2,1-2H3,(H,16,18)(H2,14,15,17). The Kier molecular flexibility index (Phi) is 3.96. The summed E-state index contributed by atoms with van der Waals surface area (Å²) < 4.78 is 0. The Balaban J connectivity index is 2.03. The van der Waals surface area contributed by atoms with Gasteiger partial charge in [-0.05, 0) is 5.56 Å². The molecule has 0 bridgehead atoms. The molecule has 1 aromatic carbocycles. The maximum atomic E-state index is 4.33. The molecule has 0 saturated heterocycles. The number of aliphatic imine (C=N–C) groups is 1. The van der Waals surface area contributed by atoms with Crippen LogP contribution in [0.25, 0.3) is 11.3 Å². The van der Waals surface area contributed by atoms with Crippen molar-refractivity contribution in [3.8, 4) is 11.3 Å². The van der Waals surface area contributed by atoms with E-state index in [1.165, 1.54) is 0 Å². The summed E-state index contributed by atoms with van der Waals surface area (Å²) in [6.07, 6.45) is 1.84. The molecule has 0 amide bonds. The molecule has 1 aromatic heterocycles. The largest absolute Gasteiger partial charge is 0.359 e. The molecule has 5 heteroatoms. The smallest absolute Gasteiger partial charge is 0.191 e. The number of benzene rings is 1. The van der Waals surface area contributed by atoms with Crippen LogP contribution >= 0.6 is 0 Å². The molecule has 0 radical (unpaired) electrons. The van der Waals surface area contributed by atoms with E-state index in [1.54, 1.807) is 7.05 Å². The van der Waals surface area contributed by atoms with Crippen molar-refractivity contribution in [3.05, 3.63) is 42.4 Å². The van der Waals surface area contributed by atoms with Gasteiger partial charge in [-0.3, -0.25) is 4.99 Å². The van der Waals surface area contributed by atoms with Crippen molar-refractivity contribution in [2.75, 3.05) is 14.1 Å². The van der Waals surface area contributed by atoms with Crippen LogP contribution in [0.5, 0.6) is 0 Å². The number of guanidine groups is 1. The predicted molar refractivity (Wildman–Crippen MR) is 73.3 cm³/mol. The molecule has 0 spiro atoms. The Hall–Kier alpha value is -2.30. The van der Waals surface area contributed by atoms with Gasteiger partial charge in [0.25, 0.3) is 0 Å². The van der Waals surface area contributed by atoms with Crippen molar-refractivity contribution in [1.82, 2.24) is 20.6 Å². The highest BCUT2D eigenvalue weighted by Gasteiger charge is 2.03. The lowest BCUT2D eigenvalue weighted by Crippen LogP contribution is -2.34. The molecule has 0 saturated carbocycles. The third-order valence-corrected chi connectivity index (χ3v) is 2.60. The van der Waals surface area contributed by atoms with E-state index >= 15 is 0 Å². The van der Waals surface area contributed by atoms with E-state index in [1.807, 2.05) is 31.4 Å². The monoisotopic (exact) mass is 243 g/mol. The van der Waals surface area contributed by atoms with Crippen LogP contribution in [0.15, 0.2) is 41.5 Å². The summed E-state index contributed by atoms with van der Waals surface area (Å²) in [5.74, 6) is 1.62. The summed E-state index contributed by atoms with van der Waals surface area (Å²) in [5.41, 5.74) is 2.15. The number of rotatable bonds is 3. The van der Waals surface area contributed by atoms with Crippen LogP contribution in [-0.4, -0.2) is 30.0 Å². The average molecular weight is 243 g/mol. The van der Waals surface area contributed by atoms with Crippen molar-refractivity contribution < 1.29 is 0 Å². The van der Waals surface area contributed by atoms with Crippen molar-refractivity contribution in [1.29, 1.82) is 0 Å². The van der Waals surface area contributed by atoms with Crippen LogP contribution in [0.3, 0.4) is 0 Å². The number of H-pyrrole nitrogens is 1. The zero-order chi connectivity index (χ0) is 12.8. The third kappa shape index (κ3) is 2.88. The molecule has 0 aliphatic rings. The van der Waals surface area contributed by atoms with Crippen LogP contribution in [0.2, 0.25) is 0 Å². The predicted octanol–water partition coefficient (Wildman–Crippen LogP) is 1.37. The second-order valence-corrected chi connectivity index (χ2v) is 3.79. The minimum absolute atomic E-state index is 0.611. The molecular formula is C13H17N5. The van der Waals surface area contributed by atoms with Crippen molar-refractivity contribution in [2.45, 2.75) is 6.54 Å². The first-order chi connectivity index (χ1) is 8.83. The molecule has 0 aliphatic heterocycles. The summed E-state index contributed by atoms with van der Waals surface area (Å²) in [7, 11) is 3.56. The summed E-state index contributed by atoms with van der Waals surface area (Å²) in [4.78, 5) is 11.6. The fourth-order valence-corrected chi connectivity index (χ4v) is 1.66. The topological polar surface area (TPSA) is 65.1 Å². The molecule has 1 heterocycles. The summed E-state index contributed by atoms with van der Waals surface area (Å²) >= 11 is 0. The van der Waals surface area contributed by atoms with E-state index in [0.717, 1.165) is 23.0 Å². The van der Waals surface area contributed by atoms with Crippen LogP contribution in [-0.2, 0) is 6.54 Å². The Bertz CT molecular complexity index is 515. The molecule has 0 unspecified atom stereocenters. The summed E-state index contributed by atoms with van der Waals surface area (Å²) in [6.45, 7) is 0.611. The van der Waals surface area contributed by atoms with Crippen molar-refractivity contribution >= 4 is 5.96 Å². The van der Waals surface area contributed by atoms with Crippen molar-refractivity contribution in [2.24, 2.45) is 4.99 Å². The Morgan fingerprint density at radius 2 is 2.11 bits per heavy atom. The van der Waals surface area contributed by atoms with E-state index in [4.69, 9.17) is 0 Å². The molecule has 2 rings (SSSR count). The minimum Gasteiger partial charge on any atom is -0.359 e. The first kappa shape index (κ1) is 12.2. The first-order valence-electron chi connectivity index (χ1n) is 5.81. The summed E-state index contributed by atoms with van der Waals surface area (Å²) in [6, 6.07) is 10.1. The normalized spacial score (nSPS) is 11.3. The molecule has 94 valence electrons. The quantitative estimate of drug-likeness (QED) is 0.563. The second-order valence-electron chi connectivity index (χ2n) is 3.79. The van der Waals surface area contributed by atoms with Gasteiger partial charge in [0.05, 0.1) is 18.4 Å². The van der Waals surface area contributed by atoms with E-state index in [9.17, 15) is 0 Å². The van der Waals surface area contributed by atoms with Crippen molar-refractivity contribution in [3.63, 3.8) is 0 Å². The van der Waals surface area contributed by atoms with Gasteiger partial charge in [-0.15, -0.1) is 0 Å². The lowest BCUT2D eigenvalue weighted by molar-refractivity contribution is 0.817. The molecule has 3 N–H and O–H groups in total. The average Bonchev–Trinajstić information content (AvgIpc) is 2.90. The van der Waals surface area contributed by atoms with Gasteiger partial charge in [0.2, 0.25) is 0 Å². The SMILES string of the molecule is CN=C(NC)NCc1ncc(-c2ccccc2)[nH]1. The van der Waals surface area contributed by atoms with Gasteiger partial charge in [0, 0.05) is 14.1 Å². The van der Waals surface area contributed by atoms with Crippen LogP contribution in [0.4, 0.5) is 0 Å². The van der Waals surface area contributed by atoms with Gasteiger partial charge in [-0.25, -0.2) is 4.98 Å². The summed E-state index contributed by atoms with van der Waals surface area (Å²) in [5, 5.41) is 6.10. The zero-order valence-electron chi connectivity index (χ0n) is 10.6. The number of aromatic nitrogens is 2. The van der Waals surface area contributed by atoms with Gasteiger partial charge < -0.3 is 15.6 Å². The molecule has 0 aliphatic carbocycles. The number of aromatic amines is 1. The van der Waals surface area contributed by atoms with Gasteiger partial charge in [0.15, 0.2) is 5.96 Å². The lowest BCUT2D eigenvalue weighted by atomic mass is 10.2. The number of hydrogen-bond donors (Lipinski definition) is 3. The van der Waals surface area contributed by atoms with Gasteiger partial charge in [0.1, 0.15) is 5.82 Å². The number of nitrogens with zero attached hydrogens (tertiary/aromatic N) is 2. The first-order valence-corrected chi connectivity index (χ1v) is 5.81. The third-order valence-electron chi connectivity index (χ3n) is 2.60. The highest BCUT2D eigenvalue weighted by molar-refractivity contribution is 5.79. The zero-order valence-corrected chi connectivity index (χ0v) is 10.6. The molecule has 18 heavy (non-hydrogen) atoms. The number of imidazole rings is 1. The molecule has 5 nitrogen and oxygen atoms in total. The van der Waals surface area contributed by atoms with E-state index in [-0.39, 0.29) is 0 Å². The second kappa shape index (κ2) is 5.86. The van der Waals surface area contributed by atoms with Gasteiger partial charge >= 0.3 is 0 Å². The van der Waals surface area contributed by atoms with Gasteiger partial charge in [-0.1, -0.05) is 30.3 Å². The fraction of sp³-hybridized carbons (Fsp3) is 0.231. The van der Waals surface area contributed by atoms with Crippen LogP contribution in [0.1, 0.15) is 5.82 Å². The van der Waals surface area contributed by atoms with Crippen LogP contribution < -0.4 is 10.6 Å². The number of nitrogens with one attached hydrogen (secondary N) is 3. The highest BCUT2D eigenvalue weighted by atomic mass is 15.2. The van der Waals surface area contributed by atoms with E-state index in [2.05, 4.69) is 37.7 Å². The van der Waals surface area contributed by atoms with E-state index < -0.39 is 0 Å². The lowest BCUT2D eigenvalue weighted by Gasteiger charge is -2.06. The fourth-order valence-electron chi connectivity index (χ4n) is 1.66. The molecular weight excluding hydrogens is 226 g/mol. The number of hydrogen-bond acceptors (Lipinski definition) is 2. The molecule has 0 atom stereocenters. The Labute approximate surface area is 106 Å². The maximum Gasteiger partial charge on any atom is 0.191 e. The van der Waals surface area contributed by atoms with Gasteiger partial charge in [-0.2, -0.15) is 0 Å². The molecule has 0 fully saturated rings. The maximum absolute atomic E-state index is 4.33. The van der Waals surface area contributed by atoms with Crippen LogP contribution in [0, 0.1) is 0 Å². The minimum atomic E-state index is 0.611. The molecule has 2 aromatic rings. The Morgan fingerprint density at radius 3 is 2.78 bits per heavy atom. The van der Waals surface area contributed by atoms with E-state index in [0.29, 0.717) is 6.54 Å².